The number of likely N-dealkylation sites (tertiary alicyclic amines) is 1. The third-order valence-electron chi connectivity index (χ3n) is 12.0. The number of amides is 9. The van der Waals surface area contributed by atoms with E-state index in [9.17, 15) is 68.2 Å². The second-order valence-corrected chi connectivity index (χ2v) is 18.3. The maximum absolute atomic E-state index is 13.8. The number of carbonyl (C=O) groups excluding carboxylic acids is 9. The fourth-order valence-corrected chi connectivity index (χ4v) is 7.99. The van der Waals surface area contributed by atoms with Crippen molar-refractivity contribution in [1.82, 2.24) is 56.0 Å². The average Bonchev–Trinajstić information content (AvgIpc) is 3.74. The van der Waals surface area contributed by atoms with E-state index in [4.69, 9.17) is 22.9 Å². The lowest BCUT2D eigenvalue weighted by atomic mass is 9.77. The van der Waals surface area contributed by atoms with Gasteiger partial charge in [0.15, 0.2) is 5.96 Å². The van der Waals surface area contributed by atoms with E-state index < -0.39 is 110 Å². The van der Waals surface area contributed by atoms with E-state index >= 15 is 0 Å². The van der Waals surface area contributed by atoms with Gasteiger partial charge in [-0.15, -0.1) is 0 Å². The van der Waals surface area contributed by atoms with Crippen LogP contribution >= 0.6 is 0 Å². The summed E-state index contributed by atoms with van der Waals surface area (Å²) in [6.07, 6.45) is -1.54. The fraction of sp³-hybridized carbons (Fsp3) is 0.614. The minimum atomic E-state index is -1.87. The van der Waals surface area contributed by atoms with E-state index in [2.05, 4.69) is 31.6 Å². The van der Waals surface area contributed by atoms with Crippen molar-refractivity contribution in [1.29, 1.82) is 0 Å². The highest BCUT2D eigenvalue weighted by atomic mass is 16.4. The van der Waals surface area contributed by atoms with Gasteiger partial charge in [-0.2, -0.15) is 0 Å². The molecule has 17 N–H and O–H groups in total. The molecule has 0 aromatic heterocycles. The van der Waals surface area contributed by atoms with Crippen LogP contribution in [0.5, 0.6) is 0 Å². The van der Waals surface area contributed by atoms with Crippen LogP contribution in [-0.4, -0.2) is 265 Å². The zero-order valence-corrected chi connectivity index (χ0v) is 42.4. The van der Waals surface area contributed by atoms with Crippen LogP contribution in [0.15, 0.2) is 29.3 Å². The van der Waals surface area contributed by atoms with E-state index in [1.165, 1.54) is 24.3 Å². The van der Waals surface area contributed by atoms with Gasteiger partial charge in [-0.05, 0) is 37.0 Å². The number of aliphatic imine (C=N–C) groups is 1. The Morgan fingerprint density at radius 1 is 0.693 bits per heavy atom. The molecule has 9 amide bonds. The first kappa shape index (κ1) is 62.3. The highest BCUT2D eigenvalue weighted by Gasteiger charge is 2.41. The highest BCUT2D eigenvalue weighted by Crippen LogP contribution is 2.19. The van der Waals surface area contributed by atoms with Gasteiger partial charge in [-0.1, -0.05) is 12.1 Å². The molecule has 2 aliphatic heterocycles. The monoisotopic (exact) mass is 1060 g/mol. The number of β-amino-alcohol motifs (C(OH)–C–C–N with tert-alkyl or cyclic N) is 1. The molecule has 75 heavy (non-hydrogen) atoms. The summed E-state index contributed by atoms with van der Waals surface area (Å²) in [5, 5.41) is 50.9. The standard InChI is InChI=1S/C44H73BN16O14/c1-56(2)44(49)50-9-3-4-31(54-38(67)27-60-16-14-58(25-35(47)64)12-10-57(24-34(46)63)11-13-59(15-17-60)26-36(48)65)42(72)52-21-37(66)55-32(19-40(69)70)43(73)51-20-28-5-7-29(8-6-28)41(71)53-22-39(68)61-23-30(62)18-33(61)45(74)75/h5-8,30-33,62,74-75H,3-4,9-27H2,1-2H3,(H2,46,63)(H2,47,64)(H2,48,65)(H2,49,50)(H,51,73)(H,52,72)(H,53,71)(H,54,67)(H,55,66)(H,69,70). The molecule has 2 aliphatic rings. The van der Waals surface area contributed by atoms with Crippen molar-refractivity contribution >= 4 is 72.2 Å². The molecule has 2 saturated heterocycles. The average molecular weight is 1060 g/mol. The van der Waals surface area contributed by atoms with E-state index in [1.54, 1.807) is 38.6 Å². The minimum absolute atomic E-state index is 0.0292. The summed E-state index contributed by atoms with van der Waals surface area (Å²) in [5.74, 6) is -8.47. The van der Waals surface area contributed by atoms with Crippen molar-refractivity contribution in [2.24, 2.45) is 27.9 Å². The Morgan fingerprint density at radius 2 is 1.19 bits per heavy atom. The minimum Gasteiger partial charge on any atom is -0.481 e. The Kier molecular flexibility index (Phi) is 26.3. The number of nitrogens with two attached hydrogens (primary N) is 4. The molecule has 3 rings (SSSR count). The second-order valence-electron chi connectivity index (χ2n) is 18.3. The summed E-state index contributed by atoms with van der Waals surface area (Å²) in [7, 11) is 1.50. The molecular weight excluding hydrogens is 987 g/mol. The van der Waals surface area contributed by atoms with Crippen LogP contribution in [0.3, 0.4) is 0 Å². The number of hydrogen-bond acceptors (Lipinski definition) is 18. The number of benzene rings is 1. The number of nitrogens with zero attached hydrogens (tertiary/aromatic N) is 7. The molecule has 0 spiro atoms. The summed E-state index contributed by atoms with van der Waals surface area (Å²) < 4.78 is 0. The molecule has 1 aromatic rings. The van der Waals surface area contributed by atoms with Crippen molar-refractivity contribution in [3.63, 3.8) is 0 Å². The zero-order valence-electron chi connectivity index (χ0n) is 42.4. The number of aliphatic hydroxyl groups is 1. The van der Waals surface area contributed by atoms with Gasteiger partial charge in [-0.25, -0.2) is 0 Å². The maximum Gasteiger partial charge on any atom is 0.475 e. The number of carboxylic acid groups (broad SMARTS) is 1. The second kappa shape index (κ2) is 31.6. The molecule has 1 aromatic carbocycles. The van der Waals surface area contributed by atoms with Crippen LogP contribution in [0, 0.1) is 0 Å². The third kappa shape index (κ3) is 23.8. The third-order valence-corrected chi connectivity index (χ3v) is 12.0. The first-order valence-corrected chi connectivity index (χ1v) is 24.2. The van der Waals surface area contributed by atoms with Gasteiger partial charge in [-0.3, -0.25) is 72.5 Å². The Bertz CT molecular complexity index is 2140. The van der Waals surface area contributed by atoms with Crippen LogP contribution < -0.4 is 49.5 Å². The zero-order chi connectivity index (χ0) is 55.8. The molecule has 4 atom stereocenters. The maximum atomic E-state index is 13.8. The molecule has 30 nitrogen and oxygen atoms in total. The topological polar surface area (TPSA) is 448 Å². The van der Waals surface area contributed by atoms with Crippen LogP contribution in [0.2, 0.25) is 0 Å². The summed E-state index contributed by atoms with van der Waals surface area (Å²) >= 11 is 0. The molecule has 0 aliphatic carbocycles. The number of aliphatic carboxylic acids is 1. The largest absolute Gasteiger partial charge is 0.481 e. The molecule has 4 unspecified atom stereocenters. The van der Waals surface area contributed by atoms with Gasteiger partial charge >= 0.3 is 13.1 Å². The first-order chi connectivity index (χ1) is 35.4. The van der Waals surface area contributed by atoms with E-state index in [-0.39, 0.29) is 103 Å². The number of guanidine groups is 1. The predicted octanol–water partition coefficient (Wildman–Crippen LogP) is -9.10. The van der Waals surface area contributed by atoms with Gasteiger partial charge < -0.3 is 79.6 Å². The molecule has 2 heterocycles. The lowest BCUT2D eigenvalue weighted by Gasteiger charge is -2.33. The Morgan fingerprint density at radius 3 is 1.67 bits per heavy atom. The fourth-order valence-electron chi connectivity index (χ4n) is 7.99. The van der Waals surface area contributed by atoms with Crippen molar-refractivity contribution in [3.8, 4) is 0 Å². The van der Waals surface area contributed by atoms with E-state index in [1.807, 2.05) is 0 Å². The Hall–Kier alpha value is -7.03. The summed E-state index contributed by atoms with van der Waals surface area (Å²) in [5.41, 5.74) is 23.0. The predicted molar refractivity (Wildman–Crippen MR) is 269 cm³/mol. The quantitative estimate of drug-likeness (QED) is 0.0177. The van der Waals surface area contributed by atoms with Crippen molar-refractivity contribution in [2.75, 3.05) is 119 Å². The number of nitrogens with one attached hydrogen (secondary N) is 5. The van der Waals surface area contributed by atoms with Crippen molar-refractivity contribution in [3.05, 3.63) is 35.4 Å². The van der Waals surface area contributed by atoms with E-state index in [0.29, 0.717) is 31.7 Å². The molecule has 0 radical (unpaired) electrons. The molecule has 31 heteroatoms. The molecule has 0 bridgehead atoms. The normalized spacial score (nSPS) is 18.3. The molecule has 416 valence electrons. The molecular formula is C44H73BN16O14. The van der Waals surface area contributed by atoms with Crippen LogP contribution in [-0.2, 0) is 49.7 Å². The Balaban J connectivity index is 1.65. The van der Waals surface area contributed by atoms with Crippen molar-refractivity contribution in [2.45, 2.75) is 56.4 Å². The van der Waals surface area contributed by atoms with Gasteiger partial charge in [0.05, 0.1) is 57.7 Å². The number of primary amides is 3. The number of carboxylic acids is 1. The van der Waals surface area contributed by atoms with Gasteiger partial charge in [0.1, 0.15) is 12.1 Å². The lowest BCUT2D eigenvalue weighted by Crippen LogP contribution is -2.54. The number of rotatable bonds is 26. The van der Waals surface area contributed by atoms with Crippen molar-refractivity contribution < 1.29 is 68.2 Å². The number of aliphatic hydroxyl groups excluding tert-OH is 1. The summed E-state index contributed by atoms with van der Waals surface area (Å²) in [6, 6.07) is 2.94. The Labute approximate surface area is 434 Å². The van der Waals surface area contributed by atoms with Gasteiger partial charge in [0.2, 0.25) is 47.3 Å². The van der Waals surface area contributed by atoms with Gasteiger partial charge in [0.25, 0.3) is 5.91 Å². The molecule has 0 saturated carbocycles. The van der Waals surface area contributed by atoms with E-state index in [0.717, 1.165) is 4.90 Å². The highest BCUT2D eigenvalue weighted by molar-refractivity contribution is 6.43. The summed E-state index contributed by atoms with van der Waals surface area (Å²) in [6.45, 7) is 0.380. The summed E-state index contributed by atoms with van der Waals surface area (Å²) in [4.78, 5) is 141. The van der Waals surface area contributed by atoms with Crippen LogP contribution in [0.25, 0.3) is 0 Å². The van der Waals surface area contributed by atoms with Crippen LogP contribution in [0.1, 0.15) is 41.6 Å². The number of hydrogen-bond donors (Lipinski definition) is 13. The smallest absolute Gasteiger partial charge is 0.475 e. The first-order valence-electron chi connectivity index (χ1n) is 24.2. The molecule has 2 fully saturated rings. The van der Waals surface area contributed by atoms with Crippen LogP contribution in [0.4, 0.5) is 0 Å². The van der Waals surface area contributed by atoms with Gasteiger partial charge in [0, 0.05) is 91.7 Å². The number of carbonyl (C=O) groups is 10. The lowest BCUT2D eigenvalue weighted by molar-refractivity contribution is -0.140. The SMILES string of the molecule is CN(C)C(N)=NCCCC(NC(=O)CN1CCN(CC(N)=O)CCN(CC(N)=O)CCN(CC(N)=O)CC1)C(=O)NCC(=O)NC(CC(=O)O)C(=O)NCc1ccc(C(=O)NCC(=O)N2CC(O)CC2B(O)O)cc1.